The zero-order chi connectivity index (χ0) is 17.5. The maximum atomic E-state index is 12.5. The summed E-state index contributed by atoms with van der Waals surface area (Å²) in [4.78, 5) is 28.4. The van der Waals surface area contributed by atoms with E-state index in [9.17, 15) is 9.59 Å². The van der Waals surface area contributed by atoms with Crippen molar-refractivity contribution < 1.29 is 14.3 Å². The number of likely N-dealkylation sites (tertiary alicyclic amines) is 1. The molecule has 0 saturated carbocycles. The van der Waals surface area contributed by atoms with Gasteiger partial charge < -0.3 is 15.0 Å². The number of carbonyl (C=O) groups is 2. The smallest absolute Gasteiger partial charge is 0.239 e. The average Bonchev–Trinajstić information content (AvgIpc) is 2.61. The van der Waals surface area contributed by atoms with Crippen LogP contribution in [0.3, 0.4) is 0 Å². The molecular formula is C18H27N3O3. The van der Waals surface area contributed by atoms with E-state index in [0.717, 1.165) is 25.9 Å². The molecule has 1 heterocycles. The third-order valence-electron chi connectivity index (χ3n) is 4.43. The minimum atomic E-state index is -0.306. The number of methoxy groups -OCH3 is 1. The molecule has 0 unspecified atom stereocenters. The van der Waals surface area contributed by atoms with Gasteiger partial charge in [0.05, 0.1) is 19.7 Å². The van der Waals surface area contributed by atoms with Crippen molar-refractivity contribution in [3.8, 4) is 5.75 Å². The summed E-state index contributed by atoms with van der Waals surface area (Å²) >= 11 is 0. The highest BCUT2D eigenvalue weighted by atomic mass is 16.5. The van der Waals surface area contributed by atoms with Crippen LogP contribution in [0.15, 0.2) is 24.3 Å². The van der Waals surface area contributed by atoms with Crippen LogP contribution >= 0.6 is 0 Å². The van der Waals surface area contributed by atoms with Crippen LogP contribution in [0.2, 0.25) is 0 Å². The molecule has 24 heavy (non-hydrogen) atoms. The number of likely N-dealkylation sites (N-methyl/N-ethyl adjacent to an activating group) is 1. The largest absolute Gasteiger partial charge is 0.497 e. The van der Waals surface area contributed by atoms with Crippen molar-refractivity contribution in [1.82, 2.24) is 9.80 Å². The van der Waals surface area contributed by atoms with Crippen LogP contribution in [0.1, 0.15) is 26.2 Å². The summed E-state index contributed by atoms with van der Waals surface area (Å²) in [5.74, 6) is 0.644. The van der Waals surface area contributed by atoms with Crippen LogP contribution < -0.4 is 10.1 Å². The van der Waals surface area contributed by atoms with Crippen molar-refractivity contribution >= 4 is 17.5 Å². The summed E-state index contributed by atoms with van der Waals surface area (Å²) in [7, 11) is 3.39. The van der Waals surface area contributed by atoms with Gasteiger partial charge in [0, 0.05) is 24.8 Å². The molecule has 132 valence electrons. The van der Waals surface area contributed by atoms with E-state index in [4.69, 9.17) is 4.74 Å². The van der Waals surface area contributed by atoms with Gasteiger partial charge in [0.15, 0.2) is 0 Å². The van der Waals surface area contributed by atoms with Gasteiger partial charge >= 0.3 is 0 Å². The topological polar surface area (TPSA) is 61.9 Å². The fourth-order valence-electron chi connectivity index (χ4n) is 2.83. The Kier molecular flexibility index (Phi) is 6.61. The maximum Gasteiger partial charge on any atom is 0.239 e. The third-order valence-corrected chi connectivity index (χ3v) is 4.43. The quantitative estimate of drug-likeness (QED) is 0.864. The van der Waals surface area contributed by atoms with E-state index >= 15 is 0 Å². The molecule has 2 amide bonds. The van der Waals surface area contributed by atoms with Gasteiger partial charge in [-0.1, -0.05) is 6.07 Å². The second-order valence-electron chi connectivity index (χ2n) is 6.26. The Morgan fingerprint density at radius 3 is 2.67 bits per heavy atom. The summed E-state index contributed by atoms with van der Waals surface area (Å²) in [6.45, 7) is 3.67. The Morgan fingerprint density at radius 2 is 2.00 bits per heavy atom. The fraction of sp³-hybridized carbons (Fsp3) is 0.556. The monoisotopic (exact) mass is 333 g/mol. The lowest BCUT2D eigenvalue weighted by molar-refractivity contribution is -0.137. The summed E-state index contributed by atoms with van der Waals surface area (Å²) in [5, 5.41) is 2.84. The zero-order valence-corrected chi connectivity index (χ0v) is 14.7. The van der Waals surface area contributed by atoms with Crippen LogP contribution in [0.25, 0.3) is 0 Å². The molecule has 0 radical (unpaired) electrons. The molecule has 0 bridgehead atoms. The van der Waals surface area contributed by atoms with Crippen LogP contribution in [0, 0.1) is 0 Å². The molecule has 0 spiro atoms. The molecule has 1 aliphatic heterocycles. The Labute approximate surface area is 143 Å². The number of hydrogen-bond donors (Lipinski definition) is 1. The van der Waals surface area contributed by atoms with E-state index in [1.165, 1.54) is 6.42 Å². The van der Waals surface area contributed by atoms with Crippen molar-refractivity contribution in [3.05, 3.63) is 24.3 Å². The molecule has 6 heteroatoms. The zero-order valence-electron chi connectivity index (χ0n) is 14.7. The highest BCUT2D eigenvalue weighted by Gasteiger charge is 2.26. The highest BCUT2D eigenvalue weighted by molar-refractivity contribution is 5.93. The molecule has 1 aliphatic rings. The van der Waals surface area contributed by atoms with E-state index in [2.05, 4.69) is 5.32 Å². The first kappa shape index (κ1) is 18.3. The summed E-state index contributed by atoms with van der Waals surface area (Å²) < 4.78 is 5.14. The van der Waals surface area contributed by atoms with Crippen LogP contribution in [0.5, 0.6) is 5.75 Å². The number of carbonyl (C=O) groups excluding carboxylic acids is 2. The lowest BCUT2D eigenvalue weighted by Gasteiger charge is -2.32. The fourth-order valence-corrected chi connectivity index (χ4v) is 2.83. The molecule has 6 nitrogen and oxygen atoms in total. The number of anilines is 1. The predicted octanol–water partition coefficient (Wildman–Crippen LogP) is 1.97. The summed E-state index contributed by atoms with van der Waals surface area (Å²) in [5.41, 5.74) is 0.683. The molecule has 2 rings (SSSR count). The number of piperidine rings is 1. The third kappa shape index (κ3) is 4.96. The second kappa shape index (κ2) is 8.68. The molecule has 1 aromatic carbocycles. The molecule has 0 aliphatic carbocycles. The van der Waals surface area contributed by atoms with E-state index in [0.29, 0.717) is 11.4 Å². The molecule has 1 saturated heterocycles. The van der Waals surface area contributed by atoms with Gasteiger partial charge in [-0.15, -0.1) is 0 Å². The Morgan fingerprint density at radius 1 is 1.29 bits per heavy atom. The first-order valence-corrected chi connectivity index (χ1v) is 8.44. The lowest BCUT2D eigenvalue weighted by atomic mass is 10.1. The molecular weight excluding hydrogens is 306 g/mol. The number of hydrogen-bond acceptors (Lipinski definition) is 4. The lowest BCUT2D eigenvalue weighted by Crippen LogP contribution is -2.49. The van der Waals surface area contributed by atoms with Crippen molar-refractivity contribution in [1.29, 1.82) is 0 Å². The number of benzene rings is 1. The molecule has 0 aromatic heterocycles. The summed E-state index contributed by atoms with van der Waals surface area (Å²) in [6, 6.07) is 6.91. The normalized spacial score (nSPS) is 15.9. The number of ether oxygens (including phenoxy) is 1. The number of amides is 2. The van der Waals surface area contributed by atoms with Crippen LogP contribution in [0.4, 0.5) is 5.69 Å². The van der Waals surface area contributed by atoms with E-state index in [-0.39, 0.29) is 24.4 Å². The van der Waals surface area contributed by atoms with Crippen LogP contribution in [-0.4, -0.2) is 61.4 Å². The standard InChI is InChI=1S/C18H27N3O3/c1-14(18(23)21-10-5-4-6-11-21)20(2)13-17(22)19-15-8-7-9-16(12-15)24-3/h7-9,12,14H,4-6,10-11,13H2,1-3H3,(H,19,22)/t14-/m1/s1. The number of rotatable bonds is 6. The van der Waals surface area contributed by atoms with E-state index in [1.54, 1.807) is 25.1 Å². The SMILES string of the molecule is COc1cccc(NC(=O)CN(C)[C@H](C)C(=O)N2CCCCC2)c1. The molecule has 1 N–H and O–H groups in total. The number of nitrogens with one attached hydrogen (secondary N) is 1. The number of nitrogens with zero attached hydrogens (tertiary/aromatic N) is 2. The summed E-state index contributed by atoms with van der Waals surface area (Å²) in [6.07, 6.45) is 3.33. The van der Waals surface area contributed by atoms with Gasteiger partial charge in [-0.25, -0.2) is 0 Å². The molecule has 1 atom stereocenters. The van der Waals surface area contributed by atoms with E-state index in [1.807, 2.05) is 30.0 Å². The van der Waals surface area contributed by atoms with Gasteiger partial charge in [-0.05, 0) is 45.4 Å². The minimum Gasteiger partial charge on any atom is -0.497 e. The predicted molar refractivity (Wildman–Crippen MR) is 94.1 cm³/mol. The highest BCUT2D eigenvalue weighted by Crippen LogP contribution is 2.17. The maximum absolute atomic E-state index is 12.5. The van der Waals surface area contributed by atoms with Gasteiger partial charge in [0.25, 0.3) is 0 Å². The van der Waals surface area contributed by atoms with Gasteiger partial charge in [0.2, 0.25) is 11.8 Å². The minimum absolute atomic E-state index is 0.103. The molecule has 1 fully saturated rings. The van der Waals surface area contributed by atoms with Crippen molar-refractivity contribution in [3.63, 3.8) is 0 Å². The van der Waals surface area contributed by atoms with Crippen LogP contribution in [-0.2, 0) is 9.59 Å². The van der Waals surface area contributed by atoms with E-state index < -0.39 is 0 Å². The van der Waals surface area contributed by atoms with Crippen molar-refractivity contribution in [2.75, 3.05) is 39.1 Å². The Balaban J connectivity index is 1.86. The van der Waals surface area contributed by atoms with Crippen molar-refractivity contribution in [2.45, 2.75) is 32.2 Å². The Bertz CT molecular complexity index is 570. The van der Waals surface area contributed by atoms with Gasteiger partial charge in [0.1, 0.15) is 5.75 Å². The Hall–Kier alpha value is -2.08. The second-order valence-corrected chi connectivity index (χ2v) is 6.26. The van der Waals surface area contributed by atoms with Crippen molar-refractivity contribution in [2.24, 2.45) is 0 Å². The van der Waals surface area contributed by atoms with Gasteiger partial charge in [-0.3, -0.25) is 14.5 Å². The first-order valence-electron chi connectivity index (χ1n) is 8.44. The first-order chi connectivity index (χ1) is 11.5. The molecule has 1 aromatic rings. The average molecular weight is 333 g/mol. The van der Waals surface area contributed by atoms with Gasteiger partial charge in [-0.2, -0.15) is 0 Å².